The van der Waals surface area contributed by atoms with E-state index in [1.165, 1.54) is 12.1 Å². The molecule has 1 heterocycles. The average molecular weight is 379 g/mol. The Kier molecular flexibility index (Phi) is 4.43. The molecule has 2 atom stereocenters. The molecule has 2 rings (SSSR count). The fourth-order valence-corrected chi connectivity index (χ4v) is 3.72. The number of rotatable bonds is 2. The fourth-order valence-electron chi connectivity index (χ4n) is 2.31. The first kappa shape index (κ1) is 14.0. The largest absolute Gasteiger partial charge is 0.335 e. The lowest BCUT2D eigenvalue weighted by Crippen LogP contribution is -2.38. The molecule has 18 heavy (non-hydrogen) atoms. The number of alkyl halides is 1. The number of hydrogen-bond donors (Lipinski definition) is 0. The third-order valence-electron chi connectivity index (χ3n) is 3.46. The van der Waals surface area contributed by atoms with Crippen molar-refractivity contribution >= 4 is 37.8 Å². The summed E-state index contributed by atoms with van der Waals surface area (Å²) in [6.07, 6.45) is 0.995. The molecular formula is C13H14Br2FNO. The van der Waals surface area contributed by atoms with Crippen molar-refractivity contribution in [2.45, 2.75) is 19.4 Å². The Morgan fingerprint density at radius 2 is 2.28 bits per heavy atom. The van der Waals surface area contributed by atoms with E-state index in [1.54, 1.807) is 6.07 Å². The van der Waals surface area contributed by atoms with Crippen molar-refractivity contribution in [2.24, 2.45) is 5.92 Å². The number of amides is 1. The second kappa shape index (κ2) is 5.70. The molecule has 1 aromatic carbocycles. The van der Waals surface area contributed by atoms with Gasteiger partial charge in [0.1, 0.15) is 5.82 Å². The molecule has 0 spiro atoms. The van der Waals surface area contributed by atoms with Gasteiger partial charge in [0.25, 0.3) is 5.91 Å². The van der Waals surface area contributed by atoms with Crippen LogP contribution in [0.25, 0.3) is 0 Å². The second-order valence-corrected chi connectivity index (χ2v) is 6.11. The normalized spacial score (nSPS) is 23.4. The summed E-state index contributed by atoms with van der Waals surface area (Å²) < 4.78 is 13.9. The Morgan fingerprint density at radius 1 is 1.56 bits per heavy atom. The molecule has 0 aliphatic carbocycles. The van der Waals surface area contributed by atoms with E-state index in [-0.39, 0.29) is 17.8 Å². The molecule has 98 valence electrons. The minimum atomic E-state index is -0.385. The summed E-state index contributed by atoms with van der Waals surface area (Å²) in [6.45, 7) is 2.87. The van der Waals surface area contributed by atoms with Gasteiger partial charge < -0.3 is 4.90 Å². The van der Waals surface area contributed by atoms with E-state index in [2.05, 4.69) is 38.8 Å². The minimum Gasteiger partial charge on any atom is -0.335 e. The van der Waals surface area contributed by atoms with Crippen LogP contribution in [0.1, 0.15) is 23.7 Å². The Bertz CT molecular complexity index is 466. The standard InChI is InChI=1S/C13H14Br2FNO/c1-8-4-5-17(12(8)7-14)13(18)10-6-9(16)2-3-11(10)15/h2-3,6,8,12H,4-5,7H2,1H3. The van der Waals surface area contributed by atoms with E-state index in [0.29, 0.717) is 16.0 Å². The van der Waals surface area contributed by atoms with Gasteiger partial charge in [-0.3, -0.25) is 4.79 Å². The first-order valence-electron chi connectivity index (χ1n) is 5.86. The second-order valence-electron chi connectivity index (χ2n) is 4.61. The van der Waals surface area contributed by atoms with Crippen LogP contribution in [0.4, 0.5) is 4.39 Å². The highest BCUT2D eigenvalue weighted by Gasteiger charge is 2.34. The molecule has 0 bridgehead atoms. The summed E-state index contributed by atoms with van der Waals surface area (Å²) in [4.78, 5) is 14.3. The Hall–Kier alpha value is -0.420. The fraction of sp³-hybridized carbons (Fsp3) is 0.462. The summed E-state index contributed by atoms with van der Waals surface area (Å²) in [6, 6.07) is 4.40. The van der Waals surface area contributed by atoms with E-state index in [9.17, 15) is 9.18 Å². The van der Waals surface area contributed by atoms with Gasteiger partial charge in [-0.05, 0) is 46.5 Å². The maximum Gasteiger partial charge on any atom is 0.255 e. The van der Waals surface area contributed by atoms with Crippen LogP contribution >= 0.6 is 31.9 Å². The van der Waals surface area contributed by atoms with Crippen molar-refractivity contribution in [1.29, 1.82) is 0 Å². The van der Waals surface area contributed by atoms with Crippen LogP contribution in [-0.2, 0) is 0 Å². The van der Waals surface area contributed by atoms with Gasteiger partial charge >= 0.3 is 0 Å². The predicted octanol–water partition coefficient (Wildman–Crippen LogP) is 3.83. The molecular weight excluding hydrogens is 365 g/mol. The molecule has 0 N–H and O–H groups in total. The lowest BCUT2D eigenvalue weighted by Gasteiger charge is -2.25. The summed E-state index contributed by atoms with van der Waals surface area (Å²) in [5.74, 6) is -0.0139. The monoisotopic (exact) mass is 377 g/mol. The highest BCUT2D eigenvalue weighted by molar-refractivity contribution is 9.10. The third-order valence-corrected chi connectivity index (χ3v) is 4.82. The van der Waals surface area contributed by atoms with E-state index in [0.717, 1.165) is 18.3 Å². The lowest BCUT2D eigenvalue weighted by molar-refractivity contribution is 0.0737. The molecule has 0 radical (unpaired) electrons. The number of nitrogens with zero attached hydrogens (tertiary/aromatic N) is 1. The number of benzene rings is 1. The molecule has 1 amide bonds. The molecule has 5 heteroatoms. The van der Waals surface area contributed by atoms with Crippen LogP contribution < -0.4 is 0 Å². The molecule has 0 saturated carbocycles. The number of carbonyl (C=O) groups is 1. The van der Waals surface area contributed by atoms with Crippen LogP contribution in [0.2, 0.25) is 0 Å². The smallest absolute Gasteiger partial charge is 0.255 e. The highest BCUT2D eigenvalue weighted by atomic mass is 79.9. The Morgan fingerprint density at radius 3 is 2.94 bits per heavy atom. The van der Waals surface area contributed by atoms with E-state index < -0.39 is 0 Å². The van der Waals surface area contributed by atoms with Crippen molar-refractivity contribution in [3.05, 3.63) is 34.1 Å². The highest BCUT2D eigenvalue weighted by Crippen LogP contribution is 2.29. The number of halogens is 3. The van der Waals surface area contributed by atoms with Crippen molar-refractivity contribution in [3.8, 4) is 0 Å². The van der Waals surface area contributed by atoms with Gasteiger partial charge in [0.15, 0.2) is 0 Å². The topological polar surface area (TPSA) is 20.3 Å². The zero-order valence-corrected chi connectivity index (χ0v) is 13.2. The third kappa shape index (κ3) is 2.62. The molecule has 1 saturated heterocycles. The Labute approximate surface area is 123 Å². The zero-order valence-electron chi connectivity index (χ0n) is 10.00. The number of carbonyl (C=O) groups excluding carboxylic acids is 1. The van der Waals surface area contributed by atoms with Gasteiger partial charge in [0.05, 0.1) is 5.56 Å². The van der Waals surface area contributed by atoms with E-state index >= 15 is 0 Å². The van der Waals surface area contributed by atoms with Gasteiger partial charge in [0.2, 0.25) is 0 Å². The molecule has 1 aliphatic rings. The van der Waals surface area contributed by atoms with Gasteiger partial charge in [-0.2, -0.15) is 0 Å². The van der Waals surface area contributed by atoms with Crippen LogP contribution in [0.3, 0.4) is 0 Å². The zero-order chi connectivity index (χ0) is 13.3. The Balaban J connectivity index is 2.28. The maximum atomic E-state index is 13.2. The van der Waals surface area contributed by atoms with Gasteiger partial charge in [-0.25, -0.2) is 4.39 Å². The van der Waals surface area contributed by atoms with Crippen molar-refractivity contribution < 1.29 is 9.18 Å². The van der Waals surface area contributed by atoms with Crippen LogP contribution in [0, 0.1) is 11.7 Å². The number of hydrogen-bond acceptors (Lipinski definition) is 1. The molecule has 1 aliphatic heterocycles. The average Bonchev–Trinajstić information content (AvgIpc) is 2.72. The van der Waals surface area contributed by atoms with Crippen molar-refractivity contribution in [3.63, 3.8) is 0 Å². The first-order chi connectivity index (χ1) is 8.54. The maximum absolute atomic E-state index is 13.2. The molecule has 1 fully saturated rings. The summed E-state index contributed by atoms with van der Waals surface area (Å²) in [7, 11) is 0. The van der Waals surface area contributed by atoms with Gasteiger partial charge in [-0.1, -0.05) is 22.9 Å². The SMILES string of the molecule is CC1CCN(C(=O)c2cc(F)ccc2Br)C1CBr. The van der Waals surface area contributed by atoms with Crippen LogP contribution in [0.15, 0.2) is 22.7 Å². The van der Waals surface area contributed by atoms with Gasteiger partial charge in [0, 0.05) is 22.4 Å². The van der Waals surface area contributed by atoms with E-state index in [1.807, 2.05) is 4.90 Å². The summed E-state index contributed by atoms with van der Waals surface area (Å²) in [5.41, 5.74) is 0.398. The molecule has 2 unspecified atom stereocenters. The summed E-state index contributed by atoms with van der Waals surface area (Å²) in [5, 5.41) is 0.757. The van der Waals surface area contributed by atoms with Gasteiger partial charge in [-0.15, -0.1) is 0 Å². The van der Waals surface area contributed by atoms with Crippen LogP contribution in [0.5, 0.6) is 0 Å². The lowest BCUT2D eigenvalue weighted by atomic mass is 10.0. The van der Waals surface area contributed by atoms with E-state index in [4.69, 9.17) is 0 Å². The summed E-state index contributed by atoms with van der Waals surface area (Å²) >= 11 is 6.76. The van der Waals surface area contributed by atoms with Crippen molar-refractivity contribution in [2.75, 3.05) is 11.9 Å². The molecule has 1 aromatic rings. The molecule has 0 aromatic heterocycles. The van der Waals surface area contributed by atoms with Crippen molar-refractivity contribution in [1.82, 2.24) is 4.90 Å². The quantitative estimate of drug-likeness (QED) is 0.716. The number of likely N-dealkylation sites (tertiary alicyclic amines) is 1. The van der Waals surface area contributed by atoms with Crippen LogP contribution in [-0.4, -0.2) is 28.7 Å². The first-order valence-corrected chi connectivity index (χ1v) is 7.78. The predicted molar refractivity (Wildman–Crippen MR) is 76.5 cm³/mol. The minimum absolute atomic E-state index is 0.102. The molecule has 2 nitrogen and oxygen atoms in total.